The van der Waals surface area contributed by atoms with E-state index in [1.54, 1.807) is 4.90 Å². The maximum atomic E-state index is 14.0. The third kappa shape index (κ3) is 7.69. The smallest absolute Gasteiger partial charge is 0.254 e. The van der Waals surface area contributed by atoms with Gasteiger partial charge in [-0.05, 0) is 41.8 Å². The van der Waals surface area contributed by atoms with Crippen LogP contribution in [-0.2, 0) is 22.8 Å². The van der Waals surface area contributed by atoms with Crippen LogP contribution in [0.3, 0.4) is 0 Å². The summed E-state index contributed by atoms with van der Waals surface area (Å²) in [5.41, 5.74) is 6.53. The monoisotopic (exact) mass is 606 g/mol. The highest BCUT2D eigenvalue weighted by molar-refractivity contribution is 6.76. The summed E-state index contributed by atoms with van der Waals surface area (Å²) in [6.45, 7) is 10.8. The highest BCUT2D eigenvalue weighted by Crippen LogP contribution is 2.31. The Hall–Kier alpha value is -4.11. The summed E-state index contributed by atoms with van der Waals surface area (Å²) in [5.74, 6) is -0.0934. The quantitative estimate of drug-likeness (QED) is 0.101. The molecule has 0 radical (unpaired) electrons. The number of pyridine rings is 1. The molecule has 5 rings (SSSR count). The summed E-state index contributed by atoms with van der Waals surface area (Å²) in [7, 11) is 0.612. The van der Waals surface area contributed by atoms with E-state index >= 15 is 0 Å². The predicted molar refractivity (Wildman–Crippen MR) is 179 cm³/mol. The molecule has 2 heterocycles. The molecule has 0 bridgehead atoms. The minimum atomic E-state index is -1.22. The number of hydrogen-bond acceptors (Lipinski definition) is 5. The van der Waals surface area contributed by atoms with Gasteiger partial charge >= 0.3 is 0 Å². The van der Waals surface area contributed by atoms with Gasteiger partial charge < -0.3 is 14.4 Å². The van der Waals surface area contributed by atoms with Crippen molar-refractivity contribution in [1.82, 2.24) is 19.7 Å². The van der Waals surface area contributed by atoms with Gasteiger partial charge in [-0.1, -0.05) is 92.4 Å². The average Bonchev–Trinajstić information content (AvgIpc) is 3.47. The van der Waals surface area contributed by atoms with E-state index in [0.717, 1.165) is 44.9 Å². The largest absolute Gasteiger partial charge is 0.374 e. The van der Waals surface area contributed by atoms with Crippen molar-refractivity contribution in [2.75, 3.05) is 20.3 Å². The number of hydrogen-bond donors (Lipinski definition) is 0. The summed E-state index contributed by atoms with van der Waals surface area (Å²) < 4.78 is 14.3. The van der Waals surface area contributed by atoms with Crippen molar-refractivity contribution >= 4 is 24.9 Å². The number of nitrogens with zero attached hydrogens (tertiary/aromatic N) is 4. The second-order valence-electron chi connectivity index (χ2n) is 12.4. The van der Waals surface area contributed by atoms with E-state index in [1.165, 1.54) is 0 Å². The SMILES string of the molecule is Cc1ncc([C@@H](COCc2ccccc2)N(C)C(=O)c2ccc(-c3ccccc3)cc2)c2c1cnn2COCC[Si](C)(C)C. The fourth-order valence-electron chi connectivity index (χ4n) is 5.18. The molecular formula is C36H42N4O3Si. The number of carbonyl (C=O) groups excluding carboxylic acids is 1. The first-order valence-electron chi connectivity index (χ1n) is 15.1. The molecule has 0 N–H and O–H groups in total. The van der Waals surface area contributed by atoms with Crippen LogP contribution >= 0.6 is 0 Å². The van der Waals surface area contributed by atoms with Gasteiger partial charge in [-0.25, -0.2) is 4.68 Å². The first-order valence-corrected chi connectivity index (χ1v) is 18.8. The summed E-state index contributed by atoms with van der Waals surface area (Å²) in [5, 5.41) is 5.62. The molecule has 0 fully saturated rings. The zero-order chi connectivity index (χ0) is 31.1. The summed E-state index contributed by atoms with van der Waals surface area (Å²) in [6, 6.07) is 28.7. The first kappa shape index (κ1) is 31.3. The third-order valence-corrected chi connectivity index (χ3v) is 9.59. The van der Waals surface area contributed by atoms with Crippen LogP contribution in [0.5, 0.6) is 0 Å². The van der Waals surface area contributed by atoms with Crippen LogP contribution in [0.4, 0.5) is 0 Å². The number of likely N-dealkylation sites (N-methyl/N-ethyl adjacent to an activating group) is 1. The number of fused-ring (bicyclic) bond motifs is 1. The highest BCUT2D eigenvalue weighted by Gasteiger charge is 2.27. The lowest BCUT2D eigenvalue weighted by atomic mass is 10.0. The summed E-state index contributed by atoms with van der Waals surface area (Å²) in [4.78, 5) is 20.5. The lowest BCUT2D eigenvalue weighted by Crippen LogP contribution is -2.34. The fourth-order valence-corrected chi connectivity index (χ4v) is 5.93. The minimum Gasteiger partial charge on any atom is -0.374 e. The number of rotatable bonds is 13. The Labute approximate surface area is 261 Å². The van der Waals surface area contributed by atoms with Crippen molar-refractivity contribution in [2.45, 2.75) is 52.0 Å². The lowest BCUT2D eigenvalue weighted by Gasteiger charge is -2.29. The number of carbonyl (C=O) groups is 1. The summed E-state index contributed by atoms with van der Waals surface area (Å²) in [6.07, 6.45) is 3.70. The van der Waals surface area contributed by atoms with Crippen LogP contribution in [0, 0.1) is 6.92 Å². The van der Waals surface area contributed by atoms with Crippen molar-refractivity contribution in [1.29, 1.82) is 0 Å². The first-order chi connectivity index (χ1) is 21.2. The Morgan fingerprint density at radius 3 is 2.23 bits per heavy atom. The number of aryl methyl sites for hydroxylation is 1. The van der Waals surface area contributed by atoms with E-state index in [4.69, 9.17) is 14.5 Å². The van der Waals surface area contributed by atoms with Gasteiger partial charge in [0.05, 0.1) is 31.0 Å². The number of benzene rings is 3. The van der Waals surface area contributed by atoms with Crippen molar-refractivity contribution in [3.05, 3.63) is 120 Å². The Morgan fingerprint density at radius 2 is 1.55 bits per heavy atom. The zero-order valence-corrected chi connectivity index (χ0v) is 27.4. The molecule has 0 spiro atoms. The normalized spacial score (nSPS) is 12.4. The van der Waals surface area contributed by atoms with Gasteiger partial charge in [0.2, 0.25) is 0 Å². The third-order valence-electron chi connectivity index (χ3n) is 7.88. The molecule has 0 aliphatic heterocycles. The second-order valence-corrected chi connectivity index (χ2v) is 18.1. The highest BCUT2D eigenvalue weighted by atomic mass is 28.3. The molecule has 44 heavy (non-hydrogen) atoms. The molecular weight excluding hydrogens is 565 g/mol. The van der Waals surface area contributed by atoms with Crippen molar-refractivity contribution in [3.8, 4) is 11.1 Å². The minimum absolute atomic E-state index is 0.0934. The van der Waals surface area contributed by atoms with Crippen LogP contribution in [0.25, 0.3) is 22.0 Å². The molecule has 2 aromatic heterocycles. The van der Waals surface area contributed by atoms with E-state index < -0.39 is 14.1 Å². The molecule has 228 valence electrons. The Balaban J connectivity index is 1.44. The Bertz CT molecular complexity index is 1670. The van der Waals surface area contributed by atoms with Crippen LogP contribution in [-0.4, -0.2) is 53.9 Å². The molecule has 0 saturated carbocycles. The molecule has 1 atom stereocenters. The molecule has 1 amide bonds. The number of aromatic nitrogens is 3. The number of ether oxygens (including phenoxy) is 2. The van der Waals surface area contributed by atoms with Crippen molar-refractivity contribution < 1.29 is 14.3 Å². The van der Waals surface area contributed by atoms with E-state index in [9.17, 15) is 4.79 Å². The van der Waals surface area contributed by atoms with E-state index in [0.29, 0.717) is 32.1 Å². The number of amides is 1. The lowest BCUT2D eigenvalue weighted by molar-refractivity contribution is 0.0451. The zero-order valence-electron chi connectivity index (χ0n) is 26.4. The topological polar surface area (TPSA) is 69.5 Å². The van der Waals surface area contributed by atoms with Gasteiger partial charge in [-0.3, -0.25) is 9.78 Å². The molecule has 3 aromatic carbocycles. The average molecular weight is 607 g/mol. The van der Waals surface area contributed by atoms with Crippen LogP contribution < -0.4 is 0 Å². The van der Waals surface area contributed by atoms with Gasteiger partial charge in [0.15, 0.2) is 0 Å². The maximum absolute atomic E-state index is 14.0. The second kappa shape index (κ2) is 14.1. The van der Waals surface area contributed by atoms with Crippen molar-refractivity contribution in [3.63, 3.8) is 0 Å². The Kier molecular flexibility index (Phi) is 10.0. The predicted octanol–water partition coefficient (Wildman–Crippen LogP) is 7.75. The maximum Gasteiger partial charge on any atom is 0.254 e. The summed E-state index contributed by atoms with van der Waals surface area (Å²) >= 11 is 0. The van der Waals surface area contributed by atoms with E-state index in [2.05, 4.69) is 36.9 Å². The van der Waals surface area contributed by atoms with Crippen molar-refractivity contribution in [2.24, 2.45) is 0 Å². The molecule has 0 aliphatic rings. The van der Waals surface area contributed by atoms with Crippen LogP contribution in [0.2, 0.25) is 25.7 Å². The van der Waals surface area contributed by atoms with Gasteiger partial charge in [-0.15, -0.1) is 0 Å². The van der Waals surface area contributed by atoms with Gasteiger partial charge in [0.25, 0.3) is 5.91 Å². The van der Waals surface area contributed by atoms with E-state index in [1.807, 2.05) is 104 Å². The van der Waals surface area contributed by atoms with E-state index in [-0.39, 0.29) is 5.91 Å². The van der Waals surface area contributed by atoms with Gasteiger partial charge in [-0.2, -0.15) is 5.10 Å². The molecule has 8 heteroatoms. The molecule has 0 aliphatic carbocycles. The standard InChI is InChI=1S/C36H42N4O3Si/c1-27-32-23-38-40(26-42-20-21-44(3,4)5)35(32)33(22-37-27)34(25-43-24-28-12-8-6-9-13-28)39(2)36(41)31-18-16-30(17-19-31)29-14-10-7-11-15-29/h6-19,22-23,34H,20-21,24-26H2,1-5H3/t34-/m1/s1. The van der Waals surface area contributed by atoms with Gasteiger partial charge in [0, 0.05) is 50.1 Å². The molecule has 0 unspecified atom stereocenters. The fraction of sp³-hybridized carbons (Fsp3) is 0.306. The molecule has 5 aromatic rings. The Morgan fingerprint density at radius 1 is 0.886 bits per heavy atom. The van der Waals surface area contributed by atoms with Crippen LogP contribution in [0.1, 0.15) is 33.2 Å². The molecule has 0 saturated heterocycles. The van der Waals surface area contributed by atoms with Gasteiger partial charge in [0.1, 0.15) is 6.73 Å². The molecule has 7 nitrogen and oxygen atoms in total. The van der Waals surface area contributed by atoms with Crippen LogP contribution in [0.15, 0.2) is 97.3 Å².